The molecule has 0 bridgehead atoms. The number of rotatable bonds is 12. The largest absolute Gasteiger partial charge is 0.479 e. The monoisotopic (exact) mass is 977 g/mol. The molecule has 2 heterocycles. The molecule has 23 nitrogen and oxygen atoms in total. The Hall–Kier alpha value is -7.50. The Morgan fingerprint density at radius 2 is 1.14 bits per heavy atom. The predicted molar refractivity (Wildman–Crippen MR) is 231 cm³/mol. The van der Waals surface area contributed by atoms with Gasteiger partial charge in [0.1, 0.15) is 14.7 Å². The van der Waals surface area contributed by atoms with Crippen LogP contribution in [0.15, 0.2) is 121 Å². The van der Waals surface area contributed by atoms with Crippen molar-refractivity contribution < 1.29 is 66.6 Å². The third-order valence-electron chi connectivity index (χ3n) is 10.0. The Bertz CT molecular complexity index is 3840. The van der Waals surface area contributed by atoms with Crippen LogP contribution in [0.1, 0.15) is 31.8 Å². The van der Waals surface area contributed by atoms with Gasteiger partial charge in [0.15, 0.2) is 11.6 Å². The summed E-state index contributed by atoms with van der Waals surface area (Å²) in [6.45, 7) is 0. The summed E-state index contributed by atoms with van der Waals surface area (Å²) in [5.74, 6) is -3.07. The highest BCUT2D eigenvalue weighted by molar-refractivity contribution is 7.87. The number of aromatic hydroxyl groups is 1. The minimum Gasteiger partial charge on any atom is -0.479 e. The van der Waals surface area contributed by atoms with E-state index >= 15 is 0 Å². The van der Waals surface area contributed by atoms with Gasteiger partial charge in [0.2, 0.25) is 11.9 Å². The zero-order valence-electron chi connectivity index (χ0n) is 32.9. The number of nitrogens with zero attached hydrogens (tertiary/aromatic N) is 4. The first-order valence-corrected chi connectivity index (χ1v) is 24.0. The molecule has 0 saturated carbocycles. The van der Waals surface area contributed by atoms with Gasteiger partial charge in [-0.25, -0.2) is 0 Å². The molecule has 8 rings (SSSR count). The van der Waals surface area contributed by atoms with Crippen LogP contribution in [0.3, 0.4) is 0 Å². The lowest BCUT2D eigenvalue weighted by Gasteiger charge is -2.26. The fourth-order valence-corrected chi connectivity index (χ4v) is 9.83. The number of benzene rings is 5. The minimum absolute atomic E-state index is 0.0438. The maximum absolute atomic E-state index is 14.6. The molecule has 0 atom stereocenters. The van der Waals surface area contributed by atoms with Gasteiger partial charge in [-0.15, -0.1) is 0 Å². The van der Waals surface area contributed by atoms with Crippen LogP contribution in [0, 0.1) is 0 Å². The number of carbonyl (C=O) groups is 2. The van der Waals surface area contributed by atoms with Gasteiger partial charge in [0.05, 0.1) is 44.3 Å². The number of carbonyl (C=O) groups excluding carboxylic acids is 2. The molecule has 8 N–H and O–H groups in total. The van der Waals surface area contributed by atoms with E-state index in [-0.39, 0.29) is 50.1 Å². The molecule has 7 aromatic rings. The van der Waals surface area contributed by atoms with E-state index in [2.05, 4.69) is 30.9 Å². The highest BCUT2D eigenvalue weighted by Crippen LogP contribution is 2.45. The first-order valence-electron chi connectivity index (χ1n) is 18.2. The second kappa shape index (κ2) is 15.9. The van der Waals surface area contributed by atoms with E-state index in [0.29, 0.717) is 6.07 Å². The molecule has 0 spiro atoms. The molecule has 0 aliphatic heterocycles. The Morgan fingerprint density at radius 1 is 0.561 bits per heavy atom. The number of pyridine rings is 1. The smallest absolute Gasteiger partial charge is 0.320 e. The van der Waals surface area contributed by atoms with Crippen molar-refractivity contribution in [2.45, 2.75) is 19.6 Å². The Balaban J connectivity index is 1.32. The number of hydrogen-bond acceptors (Lipinski definition) is 18. The molecule has 5 aromatic carbocycles. The summed E-state index contributed by atoms with van der Waals surface area (Å²) < 4.78 is 140. The molecule has 0 fully saturated rings. The highest BCUT2D eigenvalue weighted by Gasteiger charge is 2.35. The van der Waals surface area contributed by atoms with Gasteiger partial charge in [0.25, 0.3) is 46.0 Å². The van der Waals surface area contributed by atoms with Gasteiger partial charge < -0.3 is 25.6 Å². The van der Waals surface area contributed by atoms with Crippen molar-refractivity contribution in [2.24, 2.45) is 7.05 Å². The molecule has 27 heteroatoms. The first kappa shape index (κ1) is 45.1. The lowest BCUT2D eigenvalue weighted by atomic mass is 9.80. The van der Waals surface area contributed by atoms with Gasteiger partial charge >= 0.3 is 6.01 Å². The zero-order valence-corrected chi connectivity index (χ0v) is 36.2. The molecule has 0 amide bonds. The summed E-state index contributed by atoms with van der Waals surface area (Å²) in [6.07, 6.45) is 0. The third kappa shape index (κ3) is 8.22. The van der Waals surface area contributed by atoms with Crippen LogP contribution in [0.25, 0.3) is 22.0 Å². The van der Waals surface area contributed by atoms with E-state index < -0.39 is 112 Å². The first-order chi connectivity index (χ1) is 30.8. The van der Waals surface area contributed by atoms with Crippen molar-refractivity contribution in [1.82, 2.24) is 19.5 Å². The van der Waals surface area contributed by atoms with Crippen molar-refractivity contribution in [3.05, 3.63) is 130 Å². The van der Waals surface area contributed by atoms with Crippen LogP contribution in [-0.2, 0) is 47.5 Å². The van der Waals surface area contributed by atoms with E-state index in [9.17, 15) is 71.4 Å². The van der Waals surface area contributed by atoms with Crippen molar-refractivity contribution in [3.8, 4) is 17.1 Å². The molecule has 0 radical (unpaired) electrons. The van der Waals surface area contributed by atoms with Gasteiger partial charge in [-0.1, -0.05) is 48.5 Å². The number of ketones is 2. The van der Waals surface area contributed by atoms with Crippen LogP contribution < -0.4 is 21.5 Å². The number of fused-ring (bicyclic) bond motifs is 2. The van der Waals surface area contributed by atoms with Crippen LogP contribution >= 0.6 is 0 Å². The molecule has 0 saturated heterocycles. The molecule has 66 heavy (non-hydrogen) atoms. The van der Waals surface area contributed by atoms with Gasteiger partial charge in [-0.2, -0.15) is 48.6 Å². The van der Waals surface area contributed by atoms with Crippen LogP contribution in [-0.4, -0.2) is 88.1 Å². The quantitative estimate of drug-likeness (QED) is 0.0631. The van der Waals surface area contributed by atoms with E-state index in [1.165, 1.54) is 67.7 Å². The topological polar surface area (TPSA) is 369 Å². The van der Waals surface area contributed by atoms with Crippen LogP contribution in [0.2, 0.25) is 0 Å². The Morgan fingerprint density at radius 3 is 1.76 bits per heavy atom. The summed E-state index contributed by atoms with van der Waals surface area (Å²) in [5, 5.41) is 17.8. The summed E-state index contributed by atoms with van der Waals surface area (Å²) in [6, 6.07) is 17.5. The maximum Gasteiger partial charge on any atom is 0.320 e. The predicted octanol–water partition coefficient (Wildman–Crippen LogP) is 4.09. The van der Waals surface area contributed by atoms with E-state index in [4.69, 9.17) is 0 Å². The van der Waals surface area contributed by atoms with E-state index in [1.54, 1.807) is 0 Å². The van der Waals surface area contributed by atoms with Gasteiger partial charge in [-0.05, 0) is 54.1 Å². The summed E-state index contributed by atoms with van der Waals surface area (Å²) in [7, 11) is -19.2. The second-order valence-corrected chi connectivity index (χ2v) is 19.7. The number of aromatic nitrogens is 4. The van der Waals surface area contributed by atoms with Crippen LogP contribution in [0.5, 0.6) is 6.01 Å². The Kier molecular flexibility index (Phi) is 10.8. The summed E-state index contributed by atoms with van der Waals surface area (Å²) in [5.41, 5.74) is -3.99. The van der Waals surface area contributed by atoms with Crippen molar-refractivity contribution >= 4 is 97.6 Å². The summed E-state index contributed by atoms with van der Waals surface area (Å²) >= 11 is 0. The third-order valence-corrected chi connectivity index (χ3v) is 13.6. The SMILES string of the molecule is Cn1c(=O)c(C(=O)c2cccc(S(=O)(=O)O)c2)c2c3c(c(Nc4cc(Nc5nc(O)nc(Nc6ccccc6S(=O)(=O)O)n5)c(S(=O)(=O)O)cc4S(=O)(=O)O)ccc31)C(=O)c1ccccc1-2. The molecular formula is C39H27N7O16S4. The molecular weight excluding hydrogens is 951 g/mol. The molecule has 1 aliphatic rings. The standard InChI is InChI=1S/C39H27N7O16S4/c1-46-26-14-13-23(31-32(26)30(20-9-2-3-10-21(20)35(31)48)33(36(46)49)34(47)18-7-6-8-19(15-18)63(51,52)53)40-24-16-25(29(66(60,61)62)17-28(24)65(57,58)59)42-38-43-37(44-39(50)45-38)41-22-11-4-5-12-27(22)64(54,55)56/h2-17,40H,1H3,(H,51,52,53)(H,54,55,56)(H,57,58,59)(H,60,61,62)(H3,41,42,43,44,45,50). The second-order valence-electron chi connectivity index (χ2n) is 14.1. The fraction of sp³-hybridized carbons (Fsp3) is 0.0256. The zero-order chi connectivity index (χ0) is 47.8. The number of hydrogen-bond donors (Lipinski definition) is 8. The number of para-hydroxylation sites is 1. The van der Waals surface area contributed by atoms with Crippen molar-refractivity contribution in [1.29, 1.82) is 0 Å². The number of nitrogens with one attached hydrogen (secondary N) is 3. The fourth-order valence-electron chi connectivity index (χ4n) is 7.27. The van der Waals surface area contributed by atoms with Crippen LogP contribution in [0.4, 0.5) is 34.6 Å². The van der Waals surface area contributed by atoms with Crippen molar-refractivity contribution in [2.75, 3.05) is 16.0 Å². The average Bonchev–Trinajstić information content (AvgIpc) is 3.22. The molecule has 1 aliphatic carbocycles. The number of anilines is 6. The molecule has 0 unspecified atom stereocenters. The van der Waals surface area contributed by atoms with E-state index in [0.717, 1.165) is 34.9 Å². The number of aryl methyl sites for hydroxylation is 1. The minimum atomic E-state index is -5.45. The Labute approximate surface area is 371 Å². The van der Waals surface area contributed by atoms with Crippen molar-refractivity contribution in [3.63, 3.8) is 0 Å². The average molecular weight is 978 g/mol. The molecule has 338 valence electrons. The van der Waals surface area contributed by atoms with E-state index in [1.807, 2.05) is 0 Å². The normalized spacial score (nSPS) is 12.7. The summed E-state index contributed by atoms with van der Waals surface area (Å²) in [4.78, 5) is 50.6. The lowest BCUT2D eigenvalue weighted by molar-refractivity contribution is 0.102. The molecule has 2 aromatic heterocycles. The highest BCUT2D eigenvalue weighted by atomic mass is 32.2. The lowest BCUT2D eigenvalue weighted by Crippen LogP contribution is -2.29. The van der Waals surface area contributed by atoms with Gasteiger partial charge in [-0.3, -0.25) is 32.6 Å². The van der Waals surface area contributed by atoms with Gasteiger partial charge in [0, 0.05) is 29.1 Å². The maximum atomic E-state index is 14.6.